The number of hydrogen-bond acceptors (Lipinski definition) is 5. The third-order valence-corrected chi connectivity index (χ3v) is 3.62. The van der Waals surface area contributed by atoms with Crippen molar-refractivity contribution >= 4 is 34.6 Å². The van der Waals surface area contributed by atoms with E-state index in [1.54, 1.807) is 25.1 Å². The third-order valence-electron chi connectivity index (χ3n) is 3.62. The number of carbonyl (C=O) groups excluding carboxylic acids is 2. The van der Waals surface area contributed by atoms with E-state index in [1.807, 2.05) is 20.8 Å². The monoisotopic (exact) mass is 376 g/mol. The smallest absolute Gasteiger partial charge is 0.419 e. The number of aromatic nitrogens is 1. The van der Waals surface area contributed by atoms with E-state index in [0.717, 1.165) is 4.57 Å². The molecule has 0 radical (unpaired) electrons. The van der Waals surface area contributed by atoms with Gasteiger partial charge in [-0.1, -0.05) is 6.07 Å². The molecule has 8 heteroatoms. The summed E-state index contributed by atoms with van der Waals surface area (Å²) in [4.78, 5) is 35.7. The average Bonchev–Trinajstić information content (AvgIpc) is 2.93. The van der Waals surface area contributed by atoms with Crippen LogP contribution in [0.25, 0.3) is 10.9 Å². The van der Waals surface area contributed by atoms with Gasteiger partial charge in [0.05, 0.1) is 30.8 Å². The number of amides is 1. The number of carboxylic acid groups (broad SMARTS) is 1. The molecule has 0 spiro atoms. The van der Waals surface area contributed by atoms with Crippen LogP contribution in [0.15, 0.2) is 24.3 Å². The summed E-state index contributed by atoms with van der Waals surface area (Å²) in [6, 6.07) is 6.21. The van der Waals surface area contributed by atoms with E-state index in [9.17, 15) is 19.5 Å². The molecule has 1 aromatic carbocycles. The lowest BCUT2D eigenvalue weighted by Gasteiger charge is -2.19. The van der Waals surface area contributed by atoms with Gasteiger partial charge in [0.25, 0.3) is 0 Å². The number of hydrogen-bond donors (Lipinski definition) is 2. The van der Waals surface area contributed by atoms with Gasteiger partial charge < -0.3 is 19.9 Å². The molecule has 0 saturated heterocycles. The lowest BCUT2D eigenvalue weighted by Crippen LogP contribution is -2.22. The number of ether oxygens (including phenoxy) is 2. The summed E-state index contributed by atoms with van der Waals surface area (Å²) in [5, 5.41) is 12.6. The normalized spacial score (nSPS) is 11.4. The predicted molar refractivity (Wildman–Crippen MR) is 100 cm³/mol. The minimum absolute atomic E-state index is 0.113. The topological polar surface area (TPSA) is 107 Å². The molecule has 1 amide bonds. The highest BCUT2D eigenvalue weighted by Gasteiger charge is 2.21. The molecule has 27 heavy (non-hydrogen) atoms. The molecular formula is C19H24N2O6. The second-order valence-corrected chi connectivity index (χ2v) is 6.90. The molecule has 2 aromatic rings. The Balaban J connectivity index is 2.25. The summed E-state index contributed by atoms with van der Waals surface area (Å²) >= 11 is 0. The molecule has 0 aliphatic rings. The van der Waals surface area contributed by atoms with Crippen molar-refractivity contribution in [1.82, 2.24) is 4.57 Å². The number of benzene rings is 1. The van der Waals surface area contributed by atoms with Crippen LogP contribution in [0, 0.1) is 0 Å². The fourth-order valence-corrected chi connectivity index (χ4v) is 2.49. The molecule has 0 aliphatic carbocycles. The zero-order valence-corrected chi connectivity index (χ0v) is 15.9. The van der Waals surface area contributed by atoms with Gasteiger partial charge >= 0.3 is 12.1 Å². The maximum Gasteiger partial charge on any atom is 0.419 e. The fourth-order valence-electron chi connectivity index (χ4n) is 2.49. The Bertz CT molecular complexity index is 863. The first kappa shape index (κ1) is 20.4. The number of aromatic carboxylic acids is 1. The Morgan fingerprint density at radius 2 is 1.89 bits per heavy atom. The van der Waals surface area contributed by atoms with Crippen LogP contribution >= 0.6 is 0 Å². The SMILES string of the molecule is CCOC(=O)n1c(C(=O)O)cc2ccc(NC(=O)CCOC(C)(C)C)cc21. The zero-order valence-electron chi connectivity index (χ0n) is 15.9. The molecule has 0 unspecified atom stereocenters. The van der Waals surface area contributed by atoms with Crippen molar-refractivity contribution in [3.63, 3.8) is 0 Å². The first-order valence-corrected chi connectivity index (χ1v) is 8.62. The van der Waals surface area contributed by atoms with Gasteiger partial charge in [-0.15, -0.1) is 0 Å². The van der Waals surface area contributed by atoms with E-state index in [4.69, 9.17) is 9.47 Å². The molecule has 0 bridgehead atoms. The van der Waals surface area contributed by atoms with Crippen molar-refractivity contribution in [1.29, 1.82) is 0 Å². The van der Waals surface area contributed by atoms with Gasteiger partial charge in [-0.3, -0.25) is 4.79 Å². The summed E-state index contributed by atoms with van der Waals surface area (Å²) in [5.74, 6) is -1.49. The Morgan fingerprint density at radius 1 is 1.19 bits per heavy atom. The Labute approximate surface area is 157 Å². The van der Waals surface area contributed by atoms with Gasteiger partial charge in [-0.25, -0.2) is 14.2 Å². The van der Waals surface area contributed by atoms with Gasteiger partial charge in [0.15, 0.2) is 0 Å². The molecule has 0 aliphatic heterocycles. The minimum Gasteiger partial charge on any atom is -0.477 e. The molecule has 0 saturated carbocycles. The number of carbonyl (C=O) groups is 3. The first-order valence-electron chi connectivity index (χ1n) is 8.62. The summed E-state index contributed by atoms with van der Waals surface area (Å²) < 4.78 is 11.5. The molecule has 1 aromatic heterocycles. The first-order chi connectivity index (χ1) is 12.6. The van der Waals surface area contributed by atoms with Gasteiger partial charge in [0, 0.05) is 11.1 Å². The van der Waals surface area contributed by atoms with Crippen LogP contribution in [0.4, 0.5) is 10.5 Å². The van der Waals surface area contributed by atoms with Crippen LogP contribution in [0.3, 0.4) is 0 Å². The number of rotatable bonds is 6. The number of nitrogens with one attached hydrogen (secondary N) is 1. The van der Waals surface area contributed by atoms with E-state index in [0.29, 0.717) is 16.6 Å². The van der Waals surface area contributed by atoms with E-state index in [-0.39, 0.29) is 36.8 Å². The zero-order chi connectivity index (χ0) is 20.2. The Kier molecular flexibility index (Phi) is 6.22. The van der Waals surface area contributed by atoms with Crippen molar-refractivity contribution in [2.24, 2.45) is 0 Å². The average molecular weight is 376 g/mol. The van der Waals surface area contributed by atoms with Gasteiger partial charge in [-0.2, -0.15) is 0 Å². The van der Waals surface area contributed by atoms with Crippen LogP contribution in [-0.2, 0) is 14.3 Å². The summed E-state index contributed by atoms with van der Waals surface area (Å²) in [7, 11) is 0. The molecule has 0 fully saturated rings. The van der Waals surface area contributed by atoms with E-state index in [1.165, 1.54) is 6.07 Å². The maximum absolute atomic E-state index is 12.2. The molecular weight excluding hydrogens is 352 g/mol. The standard InChI is InChI=1S/C19H24N2O6/c1-5-26-18(25)21-14-11-13(7-6-12(14)10-15(21)17(23)24)20-16(22)8-9-27-19(2,3)4/h6-7,10-11H,5,8-9H2,1-4H3,(H,20,22)(H,23,24). The van der Waals surface area contributed by atoms with Gasteiger partial charge in [0.2, 0.25) is 5.91 Å². The van der Waals surface area contributed by atoms with Gasteiger partial charge in [-0.05, 0) is 45.9 Å². The van der Waals surface area contributed by atoms with Crippen LogP contribution in [-0.4, -0.2) is 46.5 Å². The van der Waals surface area contributed by atoms with Crippen molar-refractivity contribution < 1.29 is 29.0 Å². The van der Waals surface area contributed by atoms with Crippen LogP contribution < -0.4 is 5.32 Å². The number of carboxylic acids is 1. The Hall–Kier alpha value is -2.87. The number of fused-ring (bicyclic) bond motifs is 1. The lowest BCUT2D eigenvalue weighted by atomic mass is 10.2. The second-order valence-electron chi connectivity index (χ2n) is 6.90. The van der Waals surface area contributed by atoms with Crippen molar-refractivity contribution in [3.05, 3.63) is 30.0 Å². The summed E-state index contributed by atoms with van der Waals surface area (Å²) in [6.45, 7) is 7.74. The van der Waals surface area contributed by atoms with Crippen molar-refractivity contribution in [2.45, 2.75) is 39.7 Å². The van der Waals surface area contributed by atoms with Crippen LogP contribution in [0.2, 0.25) is 0 Å². The molecule has 2 rings (SSSR count). The highest BCUT2D eigenvalue weighted by Crippen LogP contribution is 2.24. The van der Waals surface area contributed by atoms with Crippen molar-refractivity contribution in [2.75, 3.05) is 18.5 Å². The van der Waals surface area contributed by atoms with E-state index < -0.39 is 12.1 Å². The predicted octanol–water partition coefficient (Wildman–Crippen LogP) is 3.49. The largest absolute Gasteiger partial charge is 0.477 e. The quantitative estimate of drug-likeness (QED) is 0.799. The van der Waals surface area contributed by atoms with Gasteiger partial charge in [0.1, 0.15) is 5.69 Å². The van der Waals surface area contributed by atoms with E-state index in [2.05, 4.69) is 5.32 Å². The molecule has 1 heterocycles. The van der Waals surface area contributed by atoms with Crippen LogP contribution in [0.1, 0.15) is 44.6 Å². The lowest BCUT2D eigenvalue weighted by molar-refractivity contribution is -0.118. The number of nitrogens with zero attached hydrogens (tertiary/aromatic N) is 1. The molecule has 146 valence electrons. The van der Waals surface area contributed by atoms with E-state index >= 15 is 0 Å². The summed E-state index contributed by atoms with van der Waals surface area (Å²) in [6.07, 6.45) is -0.610. The second kappa shape index (κ2) is 8.22. The Morgan fingerprint density at radius 3 is 2.48 bits per heavy atom. The third kappa shape index (κ3) is 5.30. The highest BCUT2D eigenvalue weighted by atomic mass is 16.5. The molecule has 8 nitrogen and oxygen atoms in total. The minimum atomic E-state index is -1.25. The molecule has 0 atom stereocenters. The number of anilines is 1. The van der Waals surface area contributed by atoms with Crippen molar-refractivity contribution in [3.8, 4) is 0 Å². The fraction of sp³-hybridized carbons (Fsp3) is 0.421. The van der Waals surface area contributed by atoms with Crippen LogP contribution in [0.5, 0.6) is 0 Å². The highest BCUT2D eigenvalue weighted by molar-refractivity contribution is 6.02. The maximum atomic E-state index is 12.2. The summed E-state index contributed by atoms with van der Waals surface area (Å²) in [5.41, 5.74) is 0.260. The molecule has 2 N–H and O–H groups in total.